The number of likely N-dealkylation sites (tertiary alicyclic amines) is 1. The van der Waals surface area contributed by atoms with Crippen LogP contribution in [0.1, 0.15) is 90.9 Å². The van der Waals surface area contributed by atoms with E-state index in [1.165, 1.54) is 51.4 Å². The van der Waals surface area contributed by atoms with Crippen LogP contribution in [0.25, 0.3) is 0 Å². The molecule has 6 aliphatic rings. The van der Waals surface area contributed by atoms with E-state index in [1.54, 1.807) is 0 Å². The fourth-order valence-corrected chi connectivity index (χ4v) is 8.07. The predicted molar refractivity (Wildman–Crippen MR) is 110 cm³/mol. The third-order valence-corrected chi connectivity index (χ3v) is 9.38. The molecule has 0 radical (unpaired) electrons. The number of amides is 2. The molecule has 0 unspecified atom stereocenters. The topological polar surface area (TPSA) is 49.4 Å². The van der Waals surface area contributed by atoms with E-state index < -0.39 is 0 Å². The largest absolute Gasteiger partial charge is 0.350 e. The van der Waals surface area contributed by atoms with E-state index in [9.17, 15) is 9.59 Å². The van der Waals surface area contributed by atoms with Crippen molar-refractivity contribution in [3.63, 3.8) is 0 Å². The van der Waals surface area contributed by atoms with Gasteiger partial charge in [-0.05, 0) is 94.8 Å². The minimum Gasteiger partial charge on any atom is -0.350 e. The SMILES string of the molecule is CC(C)(NC(=O)[C@@H]1CCC(=O)N(C2CCCC2)C1)C12CC3CC(CC(C3)C1)C2. The molecule has 1 aliphatic heterocycles. The summed E-state index contributed by atoms with van der Waals surface area (Å²) in [6, 6.07) is 0.388. The van der Waals surface area contributed by atoms with E-state index in [4.69, 9.17) is 0 Å². The van der Waals surface area contributed by atoms with Crippen LogP contribution in [-0.4, -0.2) is 34.8 Å². The van der Waals surface area contributed by atoms with Gasteiger partial charge in [0.25, 0.3) is 0 Å². The molecule has 5 saturated carbocycles. The van der Waals surface area contributed by atoms with E-state index in [2.05, 4.69) is 24.1 Å². The van der Waals surface area contributed by atoms with E-state index >= 15 is 0 Å². The Balaban J connectivity index is 1.27. The molecule has 0 spiro atoms. The van der Waals surface area contributed by atoms with Crippen LogP contribution in [0.2, 0.25) is 0 Å². The summed E-state index contributed by atoms with van der Waals surface area (Å²) in [5, 5.41) is 3.53. The lowest BCUT2D eigenvalue weighted by molar-refractivity contribution is -0.144. The predicted octanol–water partition coefficient (Wildman–Crippen LogP) is 4.28. The molecule has 6 fully saturated rings. The second kappa shape index (κ2) is 6.74. The van der Waals surface area contributed by atoms with Crippen LogP contribution in [0.3, 0.4) is 0 Å². The van der Waals surface area contributed by atoms with Crippen LogP contribution in [0, 0.1) is 29.1 Å². The van der Waals surface area contributed by atoms with Gasteiger partial charge in [0, 0.05) is 24.5 Å². The van der Waals surface area contributed by atoms with Gasteiger partial charge in [-0.15, -0.1) is 0 Å². The minimum atomic E-state index is -0.139. The molecule has 4 nitrogen and oxygen atoms in total. The Bertz CT molecular complexity index is 614. The molecular weight excluding hydrogens is 348 g/mol. The number of hydrogen-bond acceptors (Lipinski definition) is 2. The van der Waals surface area contributed by atoms with Crippen LogP contribution in [0.4, 0.5) is 0 Å². The number of nitrogens with zero attached hydrogens (tertiary/aromatic N) is 1. The van der Waals surface area contributed by atoms with Gasteiger partial charge >= 0.3 is 0 Å². The van der Waals surface area contributed by atoms with Gasteiger partial charge in [-0.1, -0.05) is 12.8 Å². The second-order valence-corrected chi connectivity index (χ2v) is 11.5. The standard InChI is InChI=1S/C24H38N2O2/c1-23(2,24-12-16-9-17(13-24)11-18(10-16)14-24)25-22(28)19-7-8-21(27)26(15-19)20-5-3-4-6-20/h16-20H,3-15H2,1-2H3,(H,25,28)/t16?,17?,18?,19-,24?/m1/s1. The van der Waals surface area contributed by atoms with Gasteiger partial charge in [0.2, 0.25) is 11.8 Å². The quantitative estimate of drug-likeness (QED) is 0.784. The zero-order chi connectivity index (χ0) is 19.5. The lowest BCUT2D eigenvalue weighted by atomic mass is 9.45. The zero-order valence-corrected chi connectivity index (χ0v) is 17.8. The first-order valence-corrected chi connectivity index (χ1v) is 12.0. The highest BCUT2D eigenvalue weighted by molar-refractivity contribution is 5.84. The highest BCUT2D eigenvalue weighted by Gasteiger charge is 2.57. The number of rotatable bonds is 4. The summed E-state index contributed by atoms with van der Waals surface area (Å²) in [6.45, 7) is 5.23. The van der Waals surface area contributed by atoms with Gasteiger partial charge in [-0.2, -0.15) is 0 Å². The average Bonchev–Trinajstić information content (AvgIpc) is 3.15. The van der Waals surface area contributed by atoms with Crippen LogP contribution >= 0.6 is 0 Å². The van der Waals surface area contributed by atoms with Crippen molar-refractivity contribution in [2.24, 2.45) is 29.1 Å². The zero-order valence-electron chi connectivity index (χ0n) is 17.8. The maximum Gasteiger partial charge on any atom is 0.225 e. The molecule has 1 saturated heterocycles. The second-order valence-electron chi connectivity index (χ2n) is 11.5. The van der Waals surface area contributed by atoms with Crippen molar-refractivity contribution in [2.75, 3.05) is 6.54 Å². The molecule has 1 heterocycles. The molecule has 6 rings (SSSR count). The van der Waals surface area contributed by atoms with E-state index in [0.29, 0.717) is 24.4 Å². The molecule has 1 atom stereocenters. The van der Waals surface area contributed by atoms with Crippen LogP contribution in [0.5, 0.6) is 0 Å². The third-order valence-electron chi connectivity index (χ3n) is 9.38. The monoisotopic (exact) mass is 386 g/mol. The van der Waals surface area contributed by atoms with Crippen molar-refractivity contribution in [1.82, 2.24) is 10.2 Å². The Morgan fingerprint density at radius 3 is 2.14 bits per heavy atom. The molecule has 2 amide bonds. The smallest absolute Gasteiger partial charge is 0.225 e. The molecule has 1 N–H and O–H groups in total. The Labute approximate surface area is 170 Å². The van der Waals surface area contributed by atoms with Gasteiger partial charge < -0.3 is 10.2 Å². The first-order chi connectivity index (χ1) is 13.4. The van der Waals surface area contributed by atoms with E-state index in [0.717, 1.165) is 37.0 Å². The van der Waals surface area contributed by atoms with Crippen molar-refractivity contribution in [3.8, 4) is 0 Å². The van der Waals surface area contributed by atoms with E-state index in [-0.39, 0.29) is 23.3 Å². The Hall–Kier alpha value is -1.06. The lowest BCUT2D eigenvalue weighted by Gasteiger charge is -2.62. The summed E-state index contributed by atoms with van der Waals surface area (Å²) in [4.78, 5) is 27.8. The summed E-state index contributed by atoms with van der Waals surface area (Å²) in [5.74, 6) is 3.15. The summed E-state index contributed by atoms with van der Waals surface area (Å²) < 4.78 is 0. The molecule has 0 aromatic heterocycles. The number of piperidine rings is 1. The Morgan fingerprint density at radius 2 is 1.57 bits per heavy atom. The van der Waals surface area contributed by atoms with E-state index in [1.807, 2.05) is 0 Å². The number of nitrogens with one attached hydrogen (secondary N) is 1. The van der Waals surface area contributed by atoms with Crippen LogP contribution < -0.4 is 5.32 Å². The Morgan fingerprint density at radius 1 is 1.00 bits per heavy atom. The van der Waals surface area contributed by atoms with Gasteiger partial charge in [-0.3, -0.25) is 9.59 Å². The lowest BCUT2D eigenvalue weighted by Crippen LogP contribution is -2.64. The van der Waals surface area contributed by atoms with Crippen molar-refractivity contribution in [2.45, 2.75) is 102 Å². The molecule has 28 heavy (non-hydrogen) atoms. The van der Waals surface area contributed by atoms with Crippen molar-refractivity contribution < 1.29 is 9.59 Å². The molecule has 5 aliphatic carbocycles. The minimum absolute atomic E-state index is 0.0218. The van der Waals surface area contributed by atoms with Gasteiger partial charge in [-0.25, -0.2) is 0 Å². The summed E-state index contributed by atoms with van der Waals surface area (Å²) in [5.41, 5.74) is 0.159. The highest BCUT2D eigenvalue weighted by atomic mass is 16.2. The fourth-order valence-electron chi connectivity index (χ4n) is 8.07. The Kier molecular flexibility index (Phi) is 4.56. The third kappa shape index (κ3) is 3.10. The van der Waals surface area contributed by atoms with Crippen molar-refractivity contribution in [1.29, 1.82) is 0 Å². The first-order valence-electron chi connectivity index (χ1n) is 12.0. The van der Waals surface area contributed by atoms with Crippen molar-refractivity contribution in [3.05, 3.63) is 0 Å². The van der Waals surface area contributed by atoms with Gasteiger partial charge in [0.05, 0.1) is 5.92 Å². The maximum absolute atomic E-state index is 13.3. The normalized spacial score (nSPS) is 40.9. The summed E-state index contributed by atoms with van der Waals surface area (Å²) >= 11 is 0. The molecule has 0 aromatic rings. The number of carbonyl (C=O) groups excluding carboxylic acids is 2. The van der Waals surface area contributed by atoms with Crippen molar-refractivity contribution >= 4 is 11.8 Å². The summed E-state index contributed by atoms with van der Waals surface area (Å²) in [7, 11) is 0. The molecule has 4 bridgehead atoms. The molecular formula is C24H38N2O2. The highest BCUT2D eigenvalue weighted by Crippen LogP contribution is 2.63. The van der Waals surface area contributed by atoms with Gasteiger partial charge in [0.1, 0.15) is 0 Å². The molecule has 156 valence electrons. The molecule has 4 heteroatoms. The maximum atomic E-state index is 13.3. The number of carbonyl (C=O) groups is 2. The van der Waals surface area contributed by atoms with Crippen LogP contribution in [0.15, 0.2) is 0 Å². The first kappa shape index (κ1) is 18.9. The average molecular weight is 387 g/mol. The number of hydrogen-bond donors (Lipinski definition) is 1. The molecule has 0 aromatic carbocycles. The van der Waals surface area contributed by atoms with Gasteiger partial charge in [0.15, 0.2) is 0 Å². The fraction of sp³-hybridized carbons (Fsp3) is 0.917. The summed E-state index contributed by atoms with van der Waals surface area (Å²) in [6.07, 6.45) is 14.2. The van der Waals surface area contributed by atoms with Crippen LogP contribution in [-0.2, 0) is 9.59 Å².